The smallest absolute Gasteiger partial charge is 0.337 e. The van der Waals surface area contributed by atoms with Gasteiger partial charge in [0.15, 0.2) is 14.1 Å². The first-order chi connectivity index (χ1) is 23.8. The quantitative estimate of drug-likeness (QED) is 0.0936. The van der Waals surface area contributed by atoms with Gasteiger partial charge in [-0.2, -0.15) is 0 Å². The second-order valence-electron chi connectivity index (χ2n) is 14.7. The summed E-state index contributed by atoms with van der Waals surface area (Å²) in [5, 5.41) is 13.4. The van der Waals surface area contributed by atoms with Gasteiger partial charge in [-0.05, 0) is 58.8 Å². The van der Waals surface area contributed by atoms with Gasteiger partial charge < -0.3 is 19.4 Å². The molecule has 2 N–H and O–H groups in total. The molecule has 5 rings (SSSR count). The summed E-state index contributed by atoms with van der Waals surface area (Å²) in [7, 11) is -2.14. The molecule has 1 unspecified atom stereocenters. The Hall–Kier alpha value is -3.79. The number of aromatic carboxylic acids is 1. The summed E-state index contributed by atoms with van der Waals surface area (Å²) in [6.45, 7) is 14.7. The molecule has 10 heteroatoms. The lowest BCUT2D eigenvalue weighted by Crippen LogP contribution is -2.48. The predicted octanol–water partition coefficient (Wildman–Crippen LogP) is 10.1. The number of hydrogen-bond acceptors (Lipinski definition) is 5. The van der Waals surface area contributed by atoms with Crippen molar-refractivity contribution in [1.29, 1.82) is 0 Å². The minimum absolute atomic E-state index is 0.0470. The van der Waals surface area contributed by atoms with Crippen molar-refractivity contribution in [1.82, 2.24) is 9.55 Å². The van der Waals surface area contributed by atoms with Crippen LogP contribution in [0.3, 0.4) is 0 Å². The van der Waals surface area contributed by atoms with Crippen LogP contribution in [0.4, 0.5) is 5.82 Å². The van der Waals surface area contributed by atoms with E-state index in [-0.39, 0.29) is 17.3 Å². The maximum atomic E-state index is 14.2. The van der Waals surface area contributed by atoms with E-state index in [1.54, 1.807) is 12.1 Å². The van der Waals surface area contributed by atoms with Crippen LogP contribution in [-0.2, 0) is 15.8 Å². The zero-order valence-corrected chi connectivity index (χ0v) is 31.8. The van der Waals surface area contributed by atoms with Crippen LogP contribution in [0.2, 0.25) is 21.6 Å². The average Bonchev–Trinajstić information content (AvgIpc) is 3.72. The molecule has 4 aromatic rings. The Balaban J connectivity index is 1.58. The fourth-order valence-corrected chi connectivity index (χ4v) is 14.0. The van der Waals surface area contributed by atoms with Crippen LogP contribution in [0, 0.1) is 5.92 Å². The molecule has 0 bridgehead atoms. The lowest BCUT2D eigenvalue weighted by atomic mass is 9.86. The number of ketones is 1. The molecule has 2 heterocycles. The van der Waals surface area contributed by atoms with Crippen LogP contribution in [0.1, 0.15) is 111 Å². The lowest BCUT2D eigenvalue weighted by Gasteiger charge is -2.42. The van der Waals surface area contributed by atoms with Crippen LogP contribution >= 0.6 is 11.6 Å². The summed E-state index contributed by atoms with van der Waals surface area (Å²) in [6.07, 6.45) is 8.34. The molecule has 8 nitrogen and oxygen atoms in total. The second kappa shape index (κ2) is 16.0. The Morgan fingerprint density at radius 3 is 2.20 bits per heavy atom. The second-order valence-corrected chi connectivity index (χ2v) is 20.5. The van der Waals surface area contributed by atoms with E-state index in [4.69, 9.17) is 16.0 Å². The molecule has 1 fully saturated rings. The molecule has 0 spiro atoms. The Kier molecular flexibility index (Phi) is 12.0. The van der Waals surface area contributed by atoms with Crippen molar-refractivity contribution >= 4 is 54.3 Å². The van der Waals surface area contributed by atoms with Crippen LogP contribution in [0.25, 0.3) is 10.9 Å². The highest BCUT2D eigenvalue weighted by atomic mass is 35.5. The highest BCUT2D eigenvalue weighted by Gasteiger charge is 2.45. The average molecular weight is 716 g/mol. The standard InChI is InChI=1S/C40H50ClN3O5Si/c1-25(2)50(26(3)4,27(5)6)49-19-18-44-24-34(31-21-35(41)33(22-36(31)44)38(45)29-14-8-7-9-15-29)32(20-28-12-10-11-13-28)39(46)43-37-17-16-30(23-42-37)40(47)48/h7-9,14-17,21-28,32H,10-13,18-20H2,1-6H3,(H,47,48)(H,42,43,46). The fourth-order valence-electron chi connectivity index (χ4n) is 8.30. The molecule has 1 saturated carbocycles. The minimum atomic E-state index is -2.14. The van der Waals surface area contributed by atoms with Gasteiger partial charge in [0.05, 0.1) is 23.1 Å². The van der Waals surface area contributed by atoms with Crippen molar-refractivity contribution in [2.24, 2.45) is 5.92 Å². The number of carboxylic acid groups (broad SMARTS) is 1. The molecule has 2 aromatic heterocycles. The van der Waals surface area contributed by atoms with Gasteiger partial charge in [0.2, 0.25) is 5.91 Å². The number of carboxylic acids is 1. The molecule has 1 aliphatic rings. The highest BCUT2D eigenvalue weighted by Crippen LogP contribution is 2.43. The lowest BCUT2D eigenvalue weighted by molar-refractivity contribution is -0.118. The number of carbonyl (C=O) groups is 3. The molecule has 1 aliphatic carbocycles. The predicted molar refractivity (Wildman–Crippen MR) is 203 cm³/mol. The number of nitrogens with one attached hydrogen (secondary N) is 1. The summed E-state index contributed by atoms with van der Waals surface area (Å²) in [5.74, 6) is -1.30. The Labute approximate surface area is 301 Å². The molecule has 1 amide bonds. The molecule has 266 valence electrons. The van der Waals surface area contributed by atoms with Crippen LogP contribution in [0.5, 0.6) is 0 Å². The van der Waals surface area contributed by atoms with E-state index in [9.17, 15) is 19.5 Å². The Morgan fingerprint density at radius 1 is 0.960 bits per heavy atom. The van der Waals surface area contributed by atoms with E-state index >= 15 is 0 Å². The van der Waals surface area contributed by atoms with E-state index in [0.717, 1.165) is 42.1 Å². The van der Waals surface area contributed by atoms with Crippen LogP contribution < -0.4 is 5.32 Å². The zero-order valence-electron chi connectivity index (χ0n) is 30.0. The summed E-state index contributed by atoms with van der Waals surface area (Å²) in [4.78, 5) is 43.5. The van der Waals surface area contributed by atoms with Crippen molar-refractivity contribution in [3.05, 3.63) is 94.3 Å². The maximum absolute atomic E-state index is 14.2. The van der Waals surface area contributed by atoms with Crippen LogP contribution in [0.15, 0.2) is 67.0 Å². The topological polar surface area (TPSA) is 111 Å². The van der Waals surface area contributed by atoms with E-state index in [1.165, 1.54) is 18.3 Å². The third-order valence-corrected chi connectivity index (χ3v) is 17.1. The molecule has 2 aromatic carbocycles. The number of rotatable bonds is 15. The number of aromatic nitrogens is 2. The van der Waals surface area contributed by atoms with E-state index < -0.39 is 20.2 Å². The van der Waals surface area contributed by atoms with Gasteiger partial charge in [-0.1, -0.05) is 109 Å². The number of fused-ring (bicyclic) bond motifs is 1. The SMILES string of the molecule is CC(C)[Si](OCCn1cc(C(CC2CCCC2)C(=O)Nc2ccc(C(=O)O)cn2)c2cc(Cl)c(C(=O)c3ccccc3)cc21)(C(C)C)C(C)C. The molecule has 0 radical (unpaired) electrons. The molecule has 0 saturated heterocycles. The summed E-state index contributed by atoms with van der Waals surface area (Å²) in [5.41, 5.74) is 3.98. The number of amides is 1. The summed E-state index contributed by atoms with van der Waals surface area (Å²) >= 11 is 6.91. The van der Waals surface area contributed by atoms with E-state index in [0.29, 0.717) is 64.1 Å². The molecule has 1 atom stereocenters. The van der Waals surface area contributed by atoms with E-state index in [2.05, 4.69) is 56.4 Å². The van der Waals surface area contributed by atoms with E-state index in [1.807, 2.05) is 36.5 Å². The number of anilines is 1. The third-order valence-electron chi connectivity index (χ3n) is 10.7. The summed E-state index contributed by atoms with van der Waals surface area (Å²) in [6, 6.07) is 15.8. The summed E-state index contributed by atoms with van der Waals surface area (Å²) < 4.78 is 9.09. The van der Waals surface area contributed by atoms with Gasteiger partial charge in [0, 0.05) is 41.0 Å². The van der Waals surface area contributed by atoms with Gasteiger partial charge in [0.25, 0.3) is 0 Å². The molecule has 0 aliphatic heterocycles. The number of benzene rings is 2. The molecular weight excluding hydrogens is 666 g/mol. The number of carbonyl (C=O) groups excluding carboxylic acids is 2. The Bertz CT molecular complexity index is 1790. The van der Waals surface area contributed by atoms with Crippen molar-refractivity contribution in [2.45, 2.75) is 103 Å². The fraction of sp³-hybridized carbons (Fsp3) is 0.450. The monoisotopic (exact) mass is 715 g/mol. The largest absolute Gasteiger partial charge is 0.478 e. The van der Waals surface area contributed by atoms with Gasteiger partial charge in [-0.15, -0.1) is 0 Å². The maximum Gasteiger partial charge on any atom is 0.337 e. The van der Waals surface area contributed by atoms with Crippen molar-refractivity contribution in [3.8, 4) is 0 Å². The van der Waals surface area contributed by atoms with Gasteiger partial charge >= 0.3 is 5.97 Å². The third kappa shape index (κ3) is 7.90. The first-order valence-corrected chi connectivity index (χ1v) is 20.4. The highest BCUT2D eigenvalue weighted by molar-refractivity contribution is 6.77. The van der Waals surface area contributed by atoms with Gasteiger partial charge in [0.1, 0.15) is 5.82 Å². The first kappa shape index (κ1) is 37.5. The van der Waals surface area contributed by atoms with Crippen molar-refractivity contribution in [3.63, 3.8) is 0 Å². The molecular formula is C40H50ClN3O5Si. The minimum Gasteiger partial charge on any atom is -0.478 e. The zero-order chi connectivity index (χ0) is 36.2. The Morgan fingerprint density at radius 2 is 1.62 bits per heavy atom. The van der Waals surface area contributed by atoms with Crippen molar-refractivity contribution in [2.75, 3.05) is 11.9 Å². The van der Waals surface area contributed by atoms with Crippen LogP contribution in [-0.4, -0.2) is 47.2 Å². The number of hydrogen-bond donors (Lipinski definition) is 2. The van der Waals surface area contributed by atoms with Gasteiger partial charge in [-0.25, -0.2) is 9.78 Å². The van der Waals surface area contributed by atoms with Crippen molar-refractivity contribution < 1.29 is 23.9 Å². The normalized spacial score (nSPS) is 14.6. The first-order valence-electron chi connectivity index (χ1n) is 17.9. The molecule has 50 heavy (non-hydrogen) atoms. The number of pyridine rings is 1. The number of nitrogens with zero attached hydrogens (tertiary/aromatic N) is 2. The number of halogens is 1. The van der Waals surface area contributed by atoms with Gasteiger partial charge in [-0.3, -0.25) is 9.59 Å².